The number of piperazine rings is 1. The van der Waals surface area contributed by atoms with E-state index in [2.05, 4.69) is 4.74 Å². The minimum atomic E-state index is -4.86. The second kappa shape index (κ2) is 9.87. The van der Waals surface area contributed by atoms with Crippen molar-refractivity contribution < 1.29 is 40.6 Å². The smallest absolute Gasteiger partial charge is 0.497 e. The largest absolute Gasteiger partial charge is 0.573 e. The molecule has 1 saturated heterocycles. The van der Waals surface area contributed by atoms with Crippen molar-refractivity contribution in [3.05, 3.63) is 48.5 Å². The molecule has 0 saturated carbocycles. The lowest BCUT2D eigenvalue weighted by Gasteiger charge is -2.35. The Kier molecular flexibility index (Phi) is 7.38. The highest BCUT2D eigenvalue weighted by atomic mass is 32.2. The molecule has 1 amide bonds. The van der Waals surface area contributed by atoms with E-state index in [1.807, 2.05) is 0 Å². The van der Waals surface area contributed by atoms with Gasteiger partial charge >= 0.3 is 6.36 Å². The molecule has 1 aliphatic rings. The maximum Gasteiger partial charge on any atom is 0.573 e. The Morgan fingerprint density at radius 2 is 1.42 bits per heavy atom. The minimum absolute atomic E-state index is 0.0458. The number of nitrogens with zero attached hydrogens (tertiary/aromatic N) is 2. The third kappa shape index (κ3) is 6.29. The number of alkyl halides is 3. The molecular weight excluding hydrogens is 465 g/mol. The number of benzene rings is 2. The molecule has 1 atom stereocenters. The third-order valence-corrected chi connectivity index (χ3v) is 6.88. The molecule has 0 spiro atoms. The SMILES string of the molecule is COc1ccc(OC(C)C(=O)N2CCN(S(=O)(=O)c3ccc(OC(F)(F)F)cc3)CC2)cc1. The van der Waals surface area contributed by atoms with Crippen LogP contribution in [0, 0.1) is 0 Å². The van der Waals surface area contributed by atoms with Gasteiger partial charge in [-0.05, 0) is 55.5 Å². The maximum atomic E-state index is 12.8. The topological polar surface area (TPSA) is 85.4 Å². The number of ether oxygens (including phenoxy) is 3. The van der Waals surface area contributed by atoms with Crippen LogP contribution >= 0.6 is 0 Å². The lowest BCUT2D eigenvalue weighted by atomic mass is 10.2. The zero-order valence-corrected chi connectivity index (χ0v) is 18.7. The first-order valence-electron chi connectivity index (χ1n) is 9.95. The number of hydrogen-bond acceptors (Lipinski definition) is 6. The number of sulfonamides is 1. The molecule has 3 rings (SSSR count). The van der Waals surface area contributed by atoms with Gasteiger partial charge in [0.2, 0.25) is 10.0 Å². The first-order chi connectivity index (χ1) is 15.5. The lowest BCUT2D eigenvalue weighted by molar-refractivity contribution is -0.274. The number of methoxy groups -OCH3 is 1. The Bertz CT molecular complexity index is 1050. The fourth-order valence-electron chi connectivity index (χ4n) is 3.28. The van der Waals surface area contributed by atoms with Crippen LogP contribution in [-0.2, 0) is 14.8 Å². The maximum absolute atomic E-state index is 12.8. The summed E-state index contributed by atoms with van der Waals surface area (Å²) in [6, 6.07) is 10.8. The van der Waals surface area contributed by atoms with E-state index in [9.17, 15) is 26.4 Å². The highest BCUT2D eigenvalue weighted by Crippen LogP contribution is 2.26. The zero-order chi connectivity index (χ0) is 24.2. The van der Waals surface area contributed by atoms with Crippen molar-refractivity contribution in [2.45, 2.75) is 24.3 Å². The molecule has 1 heterocycles. The molecule has 0 N–H and O–H groups in total. The van der Waals surface area contributed by atoms with E-state index >= 15 is 0 Å². The van der Waals surface area contributed by atoms with Crippen molar-refractivity contribution in [1.82, 2.24) is 9.21 Å². The highest BCUT2D eigenvalue weighted by molar-refractivity contribution is 7.89. The molecule has 12 heteroatoms. The van der Waals surface area contributed by atoms with E-state index in [0.29, 0.717) is 11.5 Å². The standard InChI is InChI=1S/C21H23F3N2O6S/c1-15(31-17-5-3-16(30-2)4-6-17)20(27)25-11-13-26(14-12-25)33(28,29)19-9-7-18(8-10-19)32-21(22,23)24/h3-10,15H,11-14H2,1-2H3. The summed E-state index contributed by atoms with van der Waals surface area (Å²) in [6.07, 6.45) is -5.64. The summed E-state index contributed by atoms with van der Waals surface area (Å²) < 4.78 is 78.2. The van der Waals surface area contributed by atoms with Crippen LogP contribution in [0.25, 0.3) is 0 Å². The summed E-state index contributed by atoms with van der Waals surface area (Å²) in [7, 11) is -2.39. The molecule has 1 aliphatic heterocycles. The van der Waals surface area contributed by atoms with Gasteiger partial charge < -0.3 is 19.1 Å². The third-order valence-electron chi connectivity index (χ3n) is 4.97. The van der Waals surface area contributed by atoms with Gasteiger partial charge in [-0.1, -0.05) is 0 Å². The van der Waals surface area contributed by atoms with Gasteiger partial charge in [-0.25, -0.2) is 8.42 Å². The van der Waals surface area contributed by atoms with Crippen LogP contribution < -0.4 is 14.2 Å². The van der Waals surface area contributed by atoms with Crippen LogP contribution in [0.4, 0.5) is 13.2 Å². The Morgan fingerprint density at radius 3 is 1.94 bits per heavy atom. The average Bonchev–Trinajstić information content (AvgIpc) is 2.78. The Hall–Kier alpha value is -2.99. The van der Waals surface area contributed by atoms with Crippen LogP contribution in [0.3, 0.4) is 0 Å². The molecule has 2 aromatic rings. The number of halogens is 3. The van der Waals surface area contributed by atoms with E-state index in [1.165, 1.54) is 9.21 Å². The Balaban J connectivity index is 1.57. The van der Waals surface area contributed by atoms with Crippen molar-refractivity contribution in [2.75, 3.05) is 33.3 Å². The van der Waals surface area contributed by atoms with Gasteiger partial charge in [0.1, 0.15) is 17.2 Å². The number of carbonyl (C=O) groups excluding carboxylic acids is 1. The average molecular weight is 488 g/mol. The number of rotatable bonds is 7. The van der Waals surface area contributed by atoms with Crippen LogP contribution in [0.5, 0.6) is 17.2 Å². The first-order valence-corrected chi connectivity index (χ1v) is 11.4. The number of carbonyl (C=O) groups is 1. The molecule has 0 radical (unpaired) electrons. The lowest BCUT2D eigenvalue weighted by Crippen LogP contribution is -2.53. The summed E-state index contributed by atoms with van der Waals surface area (Å²) in [5, 5.41) is 0. The second-order valence-electron chi connectivity index (χ2n) is 7.18. The van der Waals surface area contributed by atoms with E-state index in [0.717, 1.165) is 24.3 Å². The van der Waals surface area contributed by atoms with E-state index in [1.54, 1.807) is 38.3 Å². The van der Waals surface area contributed by atoms with Gasteiger partial charge in [-0.15, -0.1) is 13.2 Å². The minimum Gasteiger partial charge on any atom is -0.497 e. The van der Waals surface area contributed by atoms with Gasteiger partial charge in [-0.2, -0.15) is 4.31 Å². The summed E-state index contributed by atoms with van der Waals surface area (Å²) in [5.74, 6) is 0.358. The summed E-state index contributed by atoms with van der Waals surface area (Å²) in [6.45, 7) is 2.02. The summed E-state index contributed by atoms with van der Waals surface area (Å²) in [4.78, 5) is 14.1. The van der Waals surface area contributed by atoms with Crippen LogP contribution in [0.1, 0.15) is 6.92 Å². The normalized spacial score (nSPS) is 16.2. The molecule has 180 valence electrons. The van der Waals surface area contributed by atoms with Crippen molar-refractivity contribution in [3.8, 4) is 17.2 Å². The summed E-state index contributed by atoms with van der Waals surface area (Å²) >= 11 is 0. The quantitative estimate of drug-likeness (QED) is 0.596. The first kappa shape index (κ1) is 24.6. The monoisotopic (exact) mass is 488 g/mol. The molecule has 2 aromatic carbocycles. The Morgan fingerprint density at radius 1 is 0.909 bits per heavy atom. The molecule has 0 aromatic heterocycles. The molecule has 33 heavy (non-hydrogen) atoms. The number of hydrogen-bond donors (Lipinski definition) is 0. The highest BCUT2D eigenvalue weighted by Gasteiger charge is 2.33. The second-order valence-corrected chi connectivity index (χ2v) is 9.12. The van der Waals surface area contributed by atoms with E-state index in [4.69, 9.17) is 9.47 Å². The molecular formula is C21H23F3N2O6S. The van der Waals surface area contributed by atoms with Gasteiger partial charge in [0.25, 0.3) is 5.91 Å². The zero-order valence-electron chi connectivity index (χ0n) is 17.9. The van der Waals surface area contributed by atoms with Crippen LogP contribution in [0.15, 0.2) is 53.4 Å². The van der Waals surface area contributed by atoms with Crippen molar-refractivity contribution in [1.29, 1.82) is 0 Å². The van der Waals surface area contributed by atoms with Crippen LogP contribution in [0.2, 0.25) is 0 Å². The van der Waals surface area contributed by atoms with Gasteiger partial charge in [0.15, 0.2) is 6.10 Å². The molecule has 0 aliphatic carbocycles. The van der Waals surface area contributed by atoms with Crippen molar-refractivity contribution in [2.24, 2.45) is 0 Å². The molecule has 0 bridgehead atoms. The van der Waals surface area contributed by atoms with Gasteiger partial charge in [-0.3, -0.25) is 4.79 Å². The molecule has 1 unspecified atom stereocenters. The Labute approximate surface area is 189 Å². The van der Waals surface area contributed by atoms with Crippen molar-refractivity contribution in [3.63, 3.8) is 0 Å². The predicted octanol–water partition coefficient (Wildman–Crippen LogP) is 2.89. The van der Waals surface area contributed by atoms with Gasteiger partial charge in [0.05, 0.1) is 12.0 Å². The van der Waals surface area contributed by atoms with E-state index < -0.39 is 28.2 Å². The fraction of sp³-hybridized carbons (Fsp3) is 0.381. The van der Waals surface area contributed by atoms with Crippen LogP contribution in [-0.4, -0.2) is 69.3 Å². The molecule has 1 fully saturated rings. The van der Waals surface area contributed by atoms with Gasteiger partial charge in [0, 0.05) is 26.2 Å². The summed E-state index contributed by atoms with van der Waals surface area (Å²) in [5.41, 5.74) is 0. The van der Waals surface area contributed by atoms with Crippen molar-refractivity contribution >= 4 is 15.9 Å². The molecule has 8 nitrogen and oxygen atoms in total. The number of amides is 1. The van der Waals surface area contributed by atoms with E-state index in [-0.39, 0.29) is 37.0 Å². The predicted molar refractivity (Wildman–Crippen MR) is 112 cm³/mol. The fourth-order valence-corrected chi connectivity index (χ4v) is 4.70.